The number of amides is 1. The molecular weight excluding hydrogens is 254 g/mol. The number of halogens is 1. The lowest BCUT2D eigenvalue weighted by Crippen LogP contribution is -2.17. The van der Waals surface area contributed by atoms with Crippen LogP contribution >= 0.6 is 35.6 Å². The van der Waals surface area contributed by atoms with Gasteiger partial charge in [-0.25, -0.2) is 0 Å². The summed E-state index contributed by atoms with van der Waals surface area (Å²) < 4.78 is 2.04. The van der Waals surface area contributed by atoms with Crippen molar-refractivity contribution < 1.29 is 4.79 Å². The van der Waals surface area contributed by atoms with Crippen molar-refractivity contribution in [3.63, 3.8) is 0 Å². The summed E-state index contributed by atoms with van der Waals surface area (Å²) in [4.78, 5) is 11.9. The number of aromatic nitrogens is 2. The molecule has 1 aliphatic rings. The van der Waals surface area contributed by atoms with Gasteiger partial charge in [0.2, 0.25) is 0 Å². The third-order valence-corrected chi connectivity index (χ3v) is 3.17. The van der Waals surface area contributed by atoms with E-state index in [2.05, 4.69) is 10.4 Å². The summed E-state index contributed by atoms with van der Waals surface area (Å²) in [6.07, 6.45) is 3.30. The van der Waals surface area contributed by atoms with Crippen LogP contribution in [0.15, 0.2) is 11.1 Å². The SMILES string of the molecule is Cn1cc(Cl)c(C=C2SC(=S)NC2=O)n1. The molecule has 0 aromatic carbocycles. The highest BCUT2D eigenvalue weighted by Gasteiger charge is 2.22. The highest BCUT2D eigenvalue weighted by Crippen LogP contribution is 2.27. The number of rotatable bonds is 1. The lowest BCUT2D eigenvalue weighted by Gasteiger charge is -1.89. The van der Waals surface area contributed by atoms with Crippen LogP contribution in [-0.2, 0) is 11.8 Å². The van der Waals surface area contributed by atoms with Crippen LogP contribution in [0, 0.1) is 0 Å². The largest absolute Gasteiger partial charge is 0.307 e. The second kappa shape index (κ2) is 3.96. The second-order valence-corrected chi connectivity index (χ2v) is 5.01. The Hall–Kier alpha value is -0.850. The molecule has 0 saturated carbocycles. The molecule has 1 fully saturated rings. The summed E-state index contributed by atoms with van der Waals surface area (Å²) in [5.41, 5.74) is 0.571. The van der Waals surface area contributed by atoms with Gasteiger partial charge in [-0.3, -0.25) is 9.48 Å². The number of thiocarbonyl (C=S) groups is 1. The van der Waals surface area contributed by atoms with Crippen LogP contribution in [-0.4, -0.2) is 20.0 Å². The molecule has 1 saturated heterocycles. The van der Waals surface area contributed by atoms with Crippen LogP contribution < -0.4 is 5.32 Å². The molecular formula is C8H6ClN3OS2. The molecule has 0 aliphatic carbocycles. The zero-order valence-electron chi connectivity index (χ0n) is 7.65. The Balaban J connectivity index is 2.34. The topological polar surface area (TPSA) is 46.9 Å². The molecule has 0 radical (unpaired) electrons. The predicted octanol–water partition coefficient (Wildman–Crippen LogP) is 1.56. The Kier molecular flexibility index (Phi) is 2.81. The van der Waals surface area contributed by atoms with Gasteiger partial charge in [0, 0.05) is 13.2 Å². The van der Waals surface area contributed by atoms with Crippen LogP contribution in [0.25, 0.3) is 6.08 Å². The van der Waals surface area contributed by atoms with E-state index in [4.69, 9.17) is 23.8 Å². The lowest BCUT2D eigenvalue weighted by molar-refractivity contribution is -0.115. The first-order chi connectivity index (χ1) is 7.06. The second-order valence-electron chi connectivity index (χ2n) is 2.89. The normalized spacial score (nSPS) is 18.7. The van der Waals surface area contributed by atoms with Gasteiger partial charge in [-0.05, 0) is 6.08 Å². The third-order valence-electron chi connectivity index (χ3n) is 1.72. The molecule has 0 bridgehead atoms. The lowest BCUT2D eigenvalue weighted by atomic mass is 10.3. The number of nitrogens with one attached hydrogen (secondary N) is 1. The van der Waals surface area contributed by atoms with Gasteiger partial charge in [0.1, 0.15) is 10.0 Å². The molecule has 1 N–H and O–H groups in total. The number of aryl methyl sites for hydroxylation is 1. The van der Waals surface area contributed by atoms with Gasteiger partial charge in [-0.2, -0.15) is 5.10 Å². The average Bonchev–Trinajstić information content (AvgIpc) is 2.58. The minimum absolute atomic E-state index is 0.202. The van der Waals surface area contributed by atoms with Crippen molar-refractivity contribution in [3.05, 3.63) is 21.8 Å². The van der Waals surface area contributed by atoms with E-state index in [9.17, 15) is 4.79 Å². The van der Waals surface area contributed by atoms with Crippen molar-refractivity contribution in [1.29, 1.82) is 0 Å². The van der Waals surface area contributed by atoms with Crippen LogP contribution in [0.2, 0.25) is 5.02 Å². The van der Waals surface area contributed by atoms with Gasteiger partial charge in [-0.15, -0.1) is 0 Å². The maximum atomic E-state index is 11.3. The van der Waals surface area contributed by atoms with E-state index in [0.29, 0.717) is 19.9 Å². The fraction of sp³-hybridized carbons (Fsp3) is 0.125. The molecule has 7 heteroatoms. The minimum atomic E-state index is -0.202. The van der Waals surface area contributed by atoms with E-state index in [0.717, 1.165) is 0 Å². The van der Waals surface area contributed by atoms with Gasteiger partial charge in [0.15, 0.2) is 0 Å². The molecule has 15 heavy (non-hydrogen) atoms. The summed E-state index contributed by atoms with van der Waals surface area (Å²) in [7, 11) is 1.76. The molecule has 0 atom stereocenters. The Labute approximate surface area is 101 Å². The third kappa shape index (κ3) is 2.22. The van der Waals surface area contributed by atoms with Crippen LogP contribution in [0.5, 0.6) is 0 Å². The Bertz CT molecular complexity index is 480. The molecule has 1 aliphatic heterocycles. The summed E-state index contributed by atoms with van der Waals surface area (Å²) in [5.74, 6) is -0.202. The molecule has 0 unspecified atom stereocenters. The summed E-state index contributed by atoms with van der Waals surface area (Å²) >= 11 is 12.0. The molecule has 78 valence electrons. The van der Waals surface area contributed by atoms with Crippen molar-refractivity contribution in [2.75, 3.05) is 0 Å². The van der Waals surface area contributed by atoms with Gasteiger partial charge in [0.05, 0.1) is 9.93 Å². The number of hydrogen-bond acceptors (Lipinski definition) is 4. The van der Waals surface area contributed by atoms with E-state index in [-0.39, 0.29) is 5.91 Å². The van der Waals surface area contributed by atoms with Gasteiger partial charge < -0.3 is 5.32 Å². The van der Waals surface area contributed by atoms with E-state index in [1.54, 1.807) is 24.0 Å². The number of thioether (sulfide) groups is 1. The fourth-order valence-corrected chi connectivity index (χ4v) is 2.37. The van der Waals surface area contributed by atoms with E-state index in [1.807, 2.05) is 0 Å². The number of carbonyl (C=O) groups excluding carboxylic acids is 1. The highest BCUT2D eigenvalue weighted by molar-refractivity contribution is 8.26. The molecule has 1 amide bonds. The number of carbonyl (C=O) groups is 1. The van der Waals surface area contributed by atoms with Gasteiger partial charge in [-0.1, -0.05) is 35.6 Å². The predicted molar refractivity (Wildman–Crippen MR) is 64.5 cm³/mol. The van der Waals surface area contributed by atoms with Gasteiger partial charge >= 0.3 is 0 Å². The summed E-state index contributed by atoms with van der Waals surface area (Å²) in [6.45, 7) is 0. The molecule has 1 aromatic rings. The van der Waals surface area contributed by atoms with Crippen molar-refractivity contribution in [2.24, 2.45) is 7.05 Å². The monoisotopic (exact) mass is 259 g/mol. The molecule has 0 spiro atoms. The number of nitrogens with zero attached hydrogens (tertiary/aromatic N) is 2. The quantitative estimate of drug-likeness (QED) is 0.614. The maximum absolute atomic E-state index is 11.3. The summed E-state index contributed by atoms with van der Waals surface area (Å²) in [6, 6.07) is 0. The Morgan fingerprint density at radius 1 is 1.73 bits per heavy atom. The first-order valence-electron chi connectivity index (χ1n) is 4.00. The first-order valence-corrected chi connectivity index (χ1v) is 5.60. The molecule has 4 nitrogen and oxygen atoms in total. The minimum Gasteiger partial charge on any atom is -0.307 e. The smallest absolute Gasteiger partial charge is 0.263 e. The van der Waals surface area contributed by atoms with Crippen LogP contribution in [0.1, 0.15) is 5.69 Å². The van der Waals surface area contributed by atoms with Crippen molar-refractivity contribution >= 4 is 51.9 Å². The van der Waals surface area contributed by atoms with Crippen molar-refractivity contribution in [3.8, 4) is 0 Å². The van der Waals surface area contributed by atoms with E-state index >= 15 is 0 Å². The molecule has 2 heterocycles. The molecule has 2 rings (SSSR count). The van der Waals surface area contributed by atoms with E-state index < -0.39 is 0 Å². The van der Waals surface area contributed by atoms with Gasteiger partial charge in [0.25, 0.3) is 5.91 Å². The van der Waals surface area contributed by atoms with Crippen molar-refractivity contribution in [2.45, 2.75) is 0 Å². The Morgan fingerprint density at radius 2 is 2.47 bits per heavy atom. The Morgan fingerprint density at radius 3 is 2.93 bits per heavy atom. The first kappa shape index (κ1) is 10.7. The maximum Gasteiger partial charge on any atom is 0.263 e. The van der Waals surface area contributed by atoms with Crippen LogP contribution in [0.3, 0.4) is 0 Å². The highest BCUT2D eigenvalue weighted by atomic mass is 35.5. The van der Waals surface area contributed by atoms with Crippen molar-refractivity contribution in [1.82, 2.24) is 15.1 Å². The zero-order valence-corrected chi connectivity index (χ0v) is 10.0. The number of hydrogen-bond donors (Lipinski definition) is 1. The molecule has 1 aromatic heterocycles. The average molecular weight is 260 g/mol. The van der Waals surface area contributed by atoms with E-state index in [1.165, 1.54) is 11.8 Å². The standard InChI is InChI=1S/C8H6ClN3OS2/c1-12-3-4(9)5(11-12)2-6-7(13)10-8(14)15-6/h2-3H,1H3,(H,10,13,14). The van der Waals surface area contributed by atoms with Crippen LogP contribution in [0.4, 0.5) is 0 Å². The fourth-order valence-electron chi connectivity index (χ4n) is 1.12. The zero-order chi connectivity index (χ0) is 11.0. The summed E-state index contributed by atoms with van der Waals surface area (Å²) in [5, 5.41) is 7.14.